The first-order valence-corrected chi connectivity index (χ1v) is 5.11. The minimum Gasteiger partial charge on any atom is -0.492 e. The van der Waals surface area contributed by atoms with Crippen molar-refractivity contribution >= 4 is 23.0 Å². The van der Waals surface area contributed by atoms with Crippen LogP contribution in [0, 0.1) is 0 Å². The van der Waals surface area contributed by atoms with E-state index < -0.39 is 0 Å². The second-order valence-corrected chi connectivity index (χ2v) is 3.56. The molecule has 3 nitrogen and oxygen atoms in total. The molecule has 0 atom stereocenters. The van der Waals surface area contributed by atoms with E-state index in [-0.39, 0.29) is 0 Å². The number of benzene rings is 1. The van der Waals surface area contributed by atoms with Crippen LogP contribution in [0.5, 0.6) is 5.75 Å². The standard InChI is InChI=1S/C11H15ClN2O/c1-3-15-10-6-4-5-9(11(10)13)14-7-8(2)12/h4-6,14H,2-3,7,13H2,1H3. The zero-order valence-corrected chi connectivity index (χ0v) is 9.47. The van der Waals surface area contributed by atoms with Gasteiger partial charge in [-0.1, -0.05) is 24.2 Å². The minimum absolute atomic E-state index is 0.487. The number of rotatable bonds is 5. The molecule has 0 aromatic heterocycles. The summed E-state index contributed by atoms with van der Waals surface area (Å²) in [6, 6.07) is 5.58. The van der Waals surface area contributed by atoms with Crippen LogP contribution in [0.25, 0.3) is 0 Å². The summed E-state index contributed by atoms with van der Waals surface area (Å²) in [6.45, 7) is 6.59. The van der Waals surface area contributed by atoms with Gasteiger partial charge in [0.25, 0.3) is 0 Å². The van der Waals surface area contributed by atoms with Crippen LogP contribution in [0.1, 0.15) is 6.92 Å². The maximum atomic E-state index is 5.90. The molecule has 0 fully saturated rings. The zero-order chi connectivity index (χ0) is 11.3. The Balaban J connectivity index is 2.79. The summed E-state index contributed by atoms with van der Waals surface area (Å²) in [6.07, 6.45) is 0. The fourth-order valence-electron chi connectivity index (χ4n) is 1.17. The number of halogens is 1. The molecular formula is C11H15ClN2O. The lowest BCUT2D eigenvalue weighted by molar-refractivity contribution is 0.342. The Labute approximate surface area is 94.9 Å². The van der Waals surface area contributed by atoms with E-state index in [1.807, 2.05) is 25.1 Å². The number of nitrogen functional groups attached to an aromatic ring is 1. The van der Waals surface area contributed by atoms with Crippen LogP contribution in [-0.2, 0) is 0 Å². The van der Waals surface area contributed by atoms with Crippen molar-refractivity contribution in [3.8, 4) is 5.75 Å². The van der Waals surface area contributed by atoms with Gasteiger partial charge in [0, 0.05) is 5.03 Å². The van der Waals surface area contributed by atoms with Crippen LogP contribution < -0.4 is 15.8 Å². The summed E-state index contributed by atoms with van der Waals surface area (Å²) >= 11 is 5.65. The van der Waals surface area contributed by atoms with Gasteiger partial charge in [0.1, 0.15) is 5.75 Å². The summed E-state index contributed by atoms with van der Waals surface area (Å²) in [7, 11) is 0. The third-order valence-electron chi connectivity index (χ3n) is 1.84. The van der Waals surface area contributed by atoms with Gasteiger partial charge in [-0.3, -0.25) is 0 Å². The molecule has 0 aliphatic heterocycles. The van der Waals surface area contributed by atoms with E-state index in [0.717, 1.165) is 5.69 Å². The van der Waals surface area contributed by atoms with Gasteiger partial charge >= 0.3 is 0 Å². The molecule has 0 amide bonds. The molecule has 0 unspecified atom stereocenters. The summed E-state index contributed by atoms with van der Waals surface area (Å²) in [5, 5.41) is 3.61. The fraction of sp³-hybridized carbons (Fsp3) is 0.273. The molecule has 3 N–H and O–H groups in total. The predicted molar refractivity (Wildman–Crippen MR) is 65.5 cm³/mol. The van der Waals surface area contributed by atoms with Gasteiger partial charge in [0.15, 0.2) is 0 Å². The van der Waals surface area contributed by atoms with Crippen LogP contribution in [0.4, 0.5) is 11.4 Å². The maximum absolute atomic E-state index is 5.90. The van der Waals surface area contributed by atoms with Crippen LogP contribution in [0.2, 0.25) is 0 Å². The molecule has 82 valence electrons. The van der Waals surface area contributed by atoms with Gasteiger partial charge in [-0.25, -0.2) is 0 Å². The summed E-state index contributed by atoms with van der Waals surface area (Å²) in [5.74, 6) is 0.683. The lowest BCUT2D eigenvalue weighted by atomic mass is 10.2. The van der Waals surface area contributed by atoms with Gasteiger partial charge in [-0.2, -0.15) is 0 Å². The van der Waals surface area contributed by atoms with Crippen molar-refractivity contribution in [2.75, 3.05) is 24.2 Å². The molecule has 0 aliphatic carbocycles. The fourth-order valence-corrected chi connectivity index (χ4v) is 1.24. The topological polar surface area (TPSA) is 47.3 Å². The van der Waals surface area contributed by atoms with Crippen molar-refractivity contribution in [3.05, 3.63) is 29.8 Å². The Bertz CT molecular complexity index is 352. The second kappa shape index (κ2) is 5.51. The third kappa shape index (κ3) is 3.36. The molecule has 0 radical (unpaired) electrons. The first-order chi connectivity index (χ1) is 7.15. The number of para-hydroxylation sites is 1. The normalized spacial score (nSPS) is 9.73. The lowest BCUT2D eigenvalue weighted by Crippen LogP contribution is -2.05. The molecule has 1 rings (SSSR count). The zero-order valence-electron chi connectivity index (χ0n) is 8.72. The monoisotopic (exact) mass is 226 g/mol. The van der Waals surface area contributed by atoms with Gasteiger partial charge in [-0.15, -0.1) is 0 Å². The van der Waals surface area contributed by atoms with E-state index >= 15 is 0 Å². The average molecular weight is 227 g/mol. The molecule has 0 aliphatic rings. The molecule has 15 heavy (non-hydrogen) atoms. The van der Waals surface area contributed by atoms with Crippen LogP contribution >= 0.6 is 11.6 Å². The highest BCUT2D eigenvalue weighted by molar-refractivity contribution is 6.29. The smallest absolute Gasteiger partial charge is 0.144 e. The molecular weight excluding hydrogens is 212 g/mol. The second-order valence-electron chi connectivity index (χ2n) is 3.02. The number of hydrogen-bond acceptors (Lipinski definition) is 3. The Hall–Kier alpha value is -1.35. The molecule has 0 spiro atoms. The van der Waals surface area contributed by atoms with Crippen molar-refractivity contribution in [2.45, 2.75) is 6.92 Å². The molecule has 1 aromatic rings. The van der Waals surface area contributed by atoms with E-state index in [0.29, 0.717) is 29.6 Å². The van der Waals surface area contributed by atoms with Crippen molar-refractivity contribution in [1.29, 1.82) is 0 Å². The molecule has 0 saturated carbocycles. The molecule has 0 saturated heterocycles. The quantitative estimate of drug-likeness (QED) is 0.759. The third-order valence-corrected chi connectivity index (χ3v) is 1.97. The van der Waals surface area contributed by atoms with Gasteiger partial charge in [-0.05, 0) is 19.1 Å². The van der Waals surface area contributed by atoms with Gasteiger partial charge in [0.05, 0.1) is 24.5 Å². The largest absolute Gasteiger partial charge is 0.492 e. The Morgan fingerprint density at radius 1 is 1.60 bits per heavy atom. The maximum Gasteiger partial charge on any atom is 0.144 e. The summed E-state index contributed by atoms with van der Waals surface area (Å²) in [4.78, 5) is 0. The van der Waals surface area contributed by atoms with Crippen LogP contribution in [0.3, 0.4) is 0 Å². The highest BCUT2D eigenvalue weighted by atomic mass is 35.5. The van der Waals surface area contributed by atoms with Crippen LogP contribution in [-0.4, -0.2) is 13.2 Å². The van der Waals surface area contributed by atoms with Crippen molar-refractivity contribution in [2.24, 2.45) is 0 Å². The molecule has 0 heterocycles. The van der Waals surface area contributed by atoms with Gasteiger partial charge in [0.2, 0.25) is 0 Å². The molecule has 0 bridgehead atoms. The van der Waals surface area contributed by atoms with E-state index in [1.165, 1.54) is 0 Å². The van der Waals surface area contributed by atoms with Gasteiger partial charge < -0.3 is 15.8 Å². The number of anilines is 2. The van der Waals surface area contributed by atoms with E-state index in [1.54, 1.807) is 0 Å². The minimum atomic E-state index is 0.487. The molecule has 4 heteroatoms. The van der Waals surface area contributed by atoms with E-state index in [9.17, 15) is 0 Å². The number of ether oxygens (including phenoxy) is 1. The number of nitrogens with one attached hydrogen (secondary N) is 1. The summed E-state index contributed by atoms with van der Waals surface area (Å²) in [5.41, 5.74) is 7.30. The Morgan fingerprint density at radius 3 is 2.93 bits per heavy atom. The lowest BCUT2D eigenvalue weighted by Gasteiger charge is -2.12. The van der Waals surface area contributed by atoms with Crippen molar-refractivity contribution < 1.29 is 4.74 Å². The first kappa shape index (κ1) is 11.7. The average Bonchev–Trinajstić information content (AvgIpc) is 2.19. The Kier molecular flexibility index (Phi) is 4.31. The number of hydrogen-bond donors (Lipinski definition) is 2. The Morgan fingerprint density at radius 2 is 2.33 bits per heavy atom. The van der Waals surface area contributed by atoms with E-state index in [2.05, 4.69) is 11.9 Å². The first-order valence-electron chi connectivity index (χ1n) is 4.73. The van der Waals surface area contributed by atoms with Crippen LogP contribution in [0.15, 0.2) is 29.8 Å². The van der Waals surface area contributed by atoms with E-state index in [4.69, 9.17) is 22.1 Å². The predicted octanol–water partition coefficient (Wildman–Crippen LogP) is 2.83. The van der Waals surface area contributed by atoms with Crippen molar-refractivity contribution in [1.82, 2.24) is 0 Å². The molecule has 1 aromatic carbocycles. The highest BCUT2D eigenvalue weighted by Crippen LogP contribution is 2.29. The SMILES string of the molecule is C=C(Cl)CNc1cccc(OCC)c1N. The number of nitrogens with two attached hydrogens (primary N) is 1. The summed E-state index contributed by atoms with van der Waals surface area (Å²) < 4.78 is 5.36. The van der Waals surface area contributed by atoms with Crippen molar-refractivity contribution in [3.63, 3.8) is 0 Å². The highest BCUT2D eigenvalue weighted by Gasteiger charge is 2.04.